The van der Waals surface area contributed by atoms with Crippen LogP contribution in [0.2, 0.25) is 0 Å². The van der Waals surface area contributed by atoms with Gasteiger partial charge in [0.15, 0.2) is 0 Å². The van der Waals surface area contributed by atoms with Gasteiger partial charge in [-0.1, -0.05) is 6.58 Å². The Morgan fingerprint density at radius 2 is 1.83 bits per heavy atom. The van der Waals surface area contributed by atoms with Crippen LogP contribution in [-0.2, 0) is 4.74 Å². The molecule has 0 amide bonds. The van der Waals surface area contributed by atoms with Crippen LogP contribution in [0, 0.1) is 0 Å². The van der Waals surface area contributed by atoms with Gasteiger partial charge >= 0.3 is 0 Å². The maximum atomic E-state index is 5.17. The molecule has 0 saturated carbocycles. The van der Waals surface area contributed by atoms with Crippen LogP contribution in [0.5, 0.6) is 0 Å². The Bertz CT molecular complexity index is 160. The topological polar surface area (TPSA) is 15.7 Å². The summed E-state index contributed by atoms with van der Waals surface area (Å²) in [6.45, 7) is 10.2. The molecular formula is C9H16N2O. The van der Waals surface area contributed by atoms with Crippen molar-refractivity contribution in [1.82, 2.24) is 9.80 Å². The van der Waals surface area contributed by atoms with Crippen molar-refractivity contribution in [2.24, 2.45) is 0 Å². The minimum absolute atomic E-state index is 0.706. The van der Waals surface area contributed by atoms with E-state index in [4.69, 9.17) is 4.74 Å². The molecule has 3 heteroatoms. The van der Waals surface area contributed by atoms with Gasteiger partial charge in [0.2, 0.25) is 0 Å². The van der Waals surface area contributed by atoms with E-state index in [1.54, 1.807) is 0 Å². The van der Waals surface area contributed by atoms with Crippen molar-refractivity contribution in [3.8, 4) is 0 Å². The van der Waals surface area contributed by atoms with E-state index in [9.17, 15) is 0 Å². The molecule has 0 aromatic rings. The van der Waals surface area contributed by atoms with E-state index >= 15 is 0 Å². The Morgan fingerprint density at radius 1 is 1.17 bits per heavy atom. The van der Waals surface area contributed by atoms with E-state index in [1.165, 1.54) is 13.1 Å². The van der Waals surface area contributed by atoms with Gasteiger partial charge in [-0.15, -0.1) is 0 Å². The van der Waals surface area contributed by atoms with Crippen molar-refractivity contribution in [1.29, 1.82) is 0 Å². The Labute approximate surface area is 73.6 Å². The first-order valence-electron chi connectivity index (χ1n) is 4.58. The standard InChI is InChI=1S/C9H16N2O/c1-2-10-3-5-11(6-4-10)9-7-12-8-9/h2,9H,1,3-8H2. The predicted octanol–water partition coefficient (Wildman–Crippen LogP) is 0.146. The van der Waals surface area contributed by atoms with Gasteiger partial charge in [-0.05, 0) is 6.20 Å². The van der Waals surface area contributed by atoms with Gasteiger partial charge in [0.1, 0.15) is 0 Å². The molecule has 68 valence electrons. The summed E-state index contributed by atoms with van der Waals surface area (Å²) in [5, 5.41) is 0. The summed E-state index contributed by atoms with van der Waals surface area (Å²) in [5.74, 6) is 0. The summed E-state index contributed by atoms with van der Waals surface area (Å²) in [4.78, 5) is 4.79. The van der Waals surface area contributed by atoms with Gasteiger partial charge in [0.25, 0.3) is 0 Å². The highest BCUT2D eigenvalue weighted by molar-refractivity contribution is 4.84. The molecule has 0 atom stereocenters. The highest BCUT2D eigenvalue weighted by Crippen LogP contribution is 2.12. The Morgan fingerprint density at radius 3 is 2.25 bits per heavy atom. The van der Waals surface area contributed by atoms with E-state index in [-0.39, 0.29) is 0 Å². The highest BCUT2D eigenvalue weighted by Gasteiger charge is 2.27. The molecule has 0 unspecified atom stereocenters. The third kappa shape index (κ3) is 1.47. The second-order valence-corrected chi connectivity index (χ2v) is 3.45. The Hall–Kier alpha value is -0.540. The normalized spacial score (nSPS) is 26.8. The lowest BCUT2D eigenvalue weighted by Crippen LogP contribution is -2.55. The summed E-state index contributed by atoms with van der Waals surface area (Å²) >= 11 is 0. The average Bonchev–Trinajstić information content (AvgIpc) is 2.03. The Kier molecular flexibility index (Phi) is 2.33. The third-order valence-electron chi connectivity index (χ3n) is 2.74. The molecule has 2 saturated heterocycles. The second kappa shape index (κ2) is 3.46. The summed E-state index contributed by atoms with van der Waals surface area (Å²) in [6, 6.07) is 0.706. The number of piperazine rings is 1. The van der Waals surface area contributed by atoms with E-state index in [2.05, 4.69) is 16.4 Å². The molecule has 0 aromatic heterocycles. The first-order chi connectivity index (χ1) is 5.90. The van der Waals surface area contributed by atoms with E-state index in [0.717, 1.165) is 26.3 Å². The third-order valence-corrected chi connectivity index (χ3v) is 2.74. The first-order valence-corrected chi connectivity index (χ1v) is 4.58. The molecule has 0 aromatic carbocycles. The largest absolute Gasteiger partial charge is 0.378 e. The fourth-order valence-corrected chi connectivity index (χ4v) is 1.72. The van der Waals surface area contributed by atoms with Crippen LogP contribution in [0.15, 0.2) is 12.8 Å². The van der Waals surface area contributed by atoms with Crippen LogP contribution < -0.4 is 0 Å². The zero-order chi connectivity index (χ0) is 8.39. The number of ether oxygens (including phenoxy) is 1. The molecule has 2 rings (SSSR count). The number of hydrogen-bond donors (Lipinski definition) is 0. The first kappa shape index (κ1) is 8.08. The lowest BCUT2D eigenvalue weighted by atomic mass is 10.2. The highest BCUT2D eigenvalue weighted by atomic mass is 16.5. The number of hydrogen-bond acceptors (Lipinski definition) is 3. The van der Waals surface area contributed by atoms with Gasteiger partial charge in [-0.2, -0.15) is 0 Å². The molecule has 3 nitrogen and oxygen atoms in total. The van der Waals surface area contributed by atoms with Crippen LogP contribution in [0.1, 0.15) is 0 Å². The molecule has 0 spiro atoms. The number of nitrogens with zero attached hydrogens (tertiary/aromatic N) is 2. The van der Waals surface area contributed by atoms with Crippen LogP contribution in [0.25, 0.3) is 0 Å². The van der Waals surface area contributed by atoms with Crippen LogP contribution in [0.3, 0.4) is 0 Å². The van der Waals surface area contributed by atoms with Crippen molar-refractivity contribution in [2.45, 2.75) is 6.04 Å². The van der Waals surface area contributed by atoms with Crippen molar-refractivity contribution in [2.75, 3.05) is 39.4 Å². The van der Waals surface area contributed by atoms with Crippen LogP contribution in [0.4, 0.5) is 0 Å². The molecule has 2 aliphatic rings. The molecule has 0 radical (unpaired) electrons. The maximum absolute atomic E-state index is 5.17. The Balaban J connectivity index is 1.77. The minimum atomic E-state index is 0.706. The molecule has 2 heterocycles. The maximum Gasteiger partial charge on any atom is 0.0645 e. The zero-order valence-corrected chi connectivity index (χ0v) is 7.41. The van der Waals surface area contributed by atoms with Crippen molar-refractivity contribution in [3.63, 3.8) is 0 Å². The van der Waals surface area contributed by atoms with Gasteiger partial charge in [-0.25, -0.2) is 0 Å². The summed E-state index contributed by atoms with van der Waals surface area (Å²) in [7, 11) is 0. The predicted molar refractivity (Wildman–Crippen MR) is 48.0 cm³/mol. The molecule has 0 N–H and O–H groups in total. The SMILES string of the molecule is C=CN1CCN(C2COC2)CC1. The molecule has 0 bridgehead atoms. The average molecular weight is 168 g/mol. The quantitative estimate of drug-likeness (QED) is 0.583. The fraction of sp³-hybridized carbons (Fsp3) is 0.778. The van der Waals surface area contributed by atoms with Crippen molar-refractivity contribution >= 4 is 0 Å². The lowest BCUT2D eigenvalue weighted by molar-refractivity contribution is -0.0739. The fourth-order valence-electron chi connectivity index (χ4n) is 1.72. The second-order valence-electron chi connectivity index (χ2n) is 3.45. The summed E-state index contributed by atoms with van der Waals surface area (Å²) < 4.78 is 5.17. The minimum Gasteiger partial charge on any atom is -0.378 e. The van der Waals surface area contributed by atoms with Crippen LogP contribution >= 0.6 is 0 Å². The zero-order valence-electron chi connectivity index (χ0n) is 7.41. The van der Waals surface area contributed by atoms with Gasteiger partial charge < -0.3 is 9.64 Å². The molecule has 2 aliphatic heterocycles. The monoisotopic (exact) mass is 168 g/mol. The van der Waals surface area contributed by atoms with Crippen LogP contribution in [-0.4, -0.2) is 55.2 Å². The lowest BCUT2D eigenvalue weighted by Gasteiger charge is -2.42. The molecular weight excluding hydrogens is 152 g/mol. The summed E-state index contributed by atoms with van der Waals surface area (Å²) in [6.07, 6.45) is 1.94. The van der Waals surface area contributed by atoms with E-state index < -0.39 is 0 Å². The van der Waals surface area contributed by atoms with Crippen molar-refractivity contribution < 1.29 is 4.74 Å². The smallest absolute Gasteiger partial charge is 0.0645 e. The van der Waals surface area contributed by atoms with E-state index in [1.807, 2.05) is 6.20 Å². The summed E-state index contributed by atoms with van der Waals surface area (Å²) in [5.41, 5.74) is 0. The molecule has 0 aliphatic carbocycles. The number of rotatable bonds is 2. The molecule has 2 fully saturated rings. The van der Waals surface area contributed by atoms with E-state index in [0.29, 0.717) is 6.04 Å². The van der Waals surface area contributed by atoms with Crippen molar-refractivity contribution in [3.05, 3.63) is 12.8 Å². The van der Waals surface area contributed by atoms with Gasteiger partial charge in [-0.3, -0.25) is 4.90 Å². The van der Waals surface area contributed by atoms with Gasteiger partial charge in [0.05, 0.1) is 19.3 Å². The van der Waals surface area contributed by atoms with Gasteiger partial charge in [0, 0.05) is 26.2 Å². The molecule has 12 heavy (non-hydrogen) atoms.